The zero-order chi connectivity index (χ0) is 13.1. The van der Waals surface area contributed by atoms with Crippen molar-refractivity contribution in [3.05, 3.63) is 24.3 Å². The normalized spacial score (nSPS) is 11.2. The number of para-hydroxylation sites is 2. The van der Waals surface area contributed by atoms with Crippen LogP contribution in [0.3, 0.4) is 0 Å². The molecule has 98 valence electrons. The minimum Gasteiger partial charge on any atom is -0.408 e. The van der Waals surface area contributed by atoms with Gasteiger partial charge in [0.05, 0.1) is 11.0 Å². The number of hydrogen-bond donors (Lipinski definition) is 1. The number of nitrogens with zero attached hydrogens (tertiary/aromatic N) is 3. The summed E-state index contributed by atoms with van der Waals surface area (Å²) < 4.78 is 5.59. The highest BCUT2D eigenvalue weighted by Gasteiger charge is 2.12. The van der Waals surface area contributed by atoms with Crippen molar-refractivity contribution in [2.24, 2.45) is 0 Å². The van der Waals surface area contributed by atoms with Gasteiger partial charge in [-0.05, 0) is 18.6 Å². The molecule has 1 N–H and O–H groups in total. The van der Waals surface area contributed by atoms with Crippen LogP contribution in [0.15, 0.2) is 33.9 Å². The van der Waals surface area contributed by atoms with E-state index in [1.165, 1.54) is 0 Å². The van der Waals surface area contributed by atoms with Gasteiger partial charge >= 0.3 is 0 Å². The molecular weight excluding hydrogens is 260 g/mol. The van der Waals surface area contributed by atoms with Crippen LogP contribution in [0.4, 0.5) is 0 Å². The van der Waals surface area contributed by atoms with E-state index in [-0.39, 0.29) is 0 Å². The van der Waals surface area contributed by atoms with Gasteiger partial charge in [-0.1, -0.05) is 37.2 Å². The third-order valence-corrected chi connectivity index (χ3v) is 3.63. The Bertz CT molecular complexity index is 643. The van der Waals surface area contributed by atoms with Crippen molar-refractivity contribution in [3.63, 3.8) is 0 Å². The summed E-state index contributed by atoms with van der Waals surface area (Å²) in [5.41, 5.74) is 1.87. The Kier molecular flexibility index (Phi) is 3.50. The lowest BCUT2D eigenvalue weighted by Gasteiger charge is -1.91. The number of imidazole rings is 1. The maximum Gasteiger partial charge on any atom is 0.284 e. The average molecular weight is 274 g/mol. The molecule has 2 heterocycles. The molecule has 0 aliphatic rings. The summed E-state index contributed by atoms with van der Waals surface area (Å²) in [6.07, 6.45) is 2.31. The predicted octanol–water partition coefficient (Wildman–Crippen LogP) is 3.51. The molecule has 0 aliphatic carbocycles. The average Bonchev–Trinajstić information content (AvgIpc) is 3.04. The van der Waals surface area contributed by atoms with E-state index in [2.05, 4.69) is 27.1 Å². The summed E-state index contributed by atoms with van der Waals surface area (Å²) in [6.45, 7) is 2.16. The van der Waals surface area contributed by atoms with Gasteiger partial charge in [-0.25, -0.2) is 4.98 Å². The number of fused-ring (bicyclic) bond motifs is 1. The Hall–Kier alpha value is -1.82. The summed E-state index contributed by atoms with van der Waals surface area (Å²) in [7, 11) is 0. The van der Waals surface area contributed by atoms with Crippen LogP contribution >= 0.6 is 11.8 Å². The van der Waals surface area contributed by atoms with Crippen molar-refractivity contribution in [2.45, 2.75) is 25.0 Å². The zero-order valence-electron chi connectivity index (χ0n) is 10.6. The lowest BCUT2D eigenvalue weighted by Crippen LogP contribution is -1.79. The monoisotopic (exact) mass is 274 g/mol. The van der Waals surface area contributed by atoms with Crippen LogP contribution in [-0.4, -0.2) is 25.9 Å². The summed E-state index contributed by atoms with van der Waals surface area (Å²) in [6, 6.07) is 7.83. The Morgan fingerprint density at radius 2 is 2.16 bits per heavy atom. The molecule has 19 heavy (non-hydrogen) atoms. The van der Waals surface area contributed by atoms with Crippen LogP contribution in [0, 0.1) is 0 Å². The van der Waals surface area contributed by atoms with Gasteiger partial charge in [-0.2, -0.15) is 0 Å². The molecule has 0 radical (unpaired) electrons. The molecule has 0 fully saturated rings. The molecule has 0 saturated heterocycles. The largest absolute Gasteiger partial charge is 0.408 e. The summed E-state index contributed by atoms with van der Waals surface area (Å²) in [4.78, 5) is 7.61. The Balaban J connectivity index is 1.81. The number of unbranched alkanes of at least 4 members (excludes halogenated alkanes) is 1. The Morgan fingerprint density at radius 1 is 1.26 bits per heavy atom. The molecule has 0 spiro atoms. The number of rotatable bonds is 5. The maximum absolute atomic E-state index is 5.59. The fourth-order valence-corrected chi connectivity index (χ4v) is 2.57. The number of nitrogens with one attached hydrogen (secondary N) is 1. The molecule has 5 nitrogen and oxygen atoms in total. The standard InChI is InChI=1S/C13H14N4OS/c1-2-3-8-19-13-17-16-12(18-13)11-14-9-6-4-5-7-10(9)15-11/h4-7H,2-3,8H2,1H3,(H,14,15). The highest BCUT2D eigenvalue weighted by Crippen LogP contribution is 2.23. The molecule has 0 atom stereocenters. The van der Waals surface area contributed by atoms with Gasteiger partial charge in [0.2, 0.25) is 0 Å². The molecule has 0 aliphatic heterocycles. The van der Waals surface area contributed by atoms with Crippen LogP contribution in [-0.2, 0) is 0 Å². The zero-order valence-corrected chi connectivity index (χ0v) is 11.4. The van der Waals surface area contributed by atoms with Crippen LogP contribution in [0.1, 0.15) is 19.8 Å². The minimum atomic E-state index is 0.440. The molecule has 0 amide bonds. The van der Waals surface area contributed by atoms with Crippen molar-refractivity contribution < 1.29 is 4.42 Å². The fraction of sp³-hybridized carbons (Fsp3) is 0.308. The first kappa shape index (κ1) is 12.2. The number of H-pyrrole nitrogens is 1. The second-order valence-corrected chi connectivity index (χ2v) is 5.22. The number of benzene rings is 1. The molecule has 0 bridgehead atoms. The lowest BCUT2D eigenvalue weighted by molar-refractivity contribution is 0.463. The minimum absolute atomic E-state index is 0.440. The maximum atomic E-state index is 5.59. The molecule has 3 rings (SSSR count). The molecule has 0 saturated carbocycles. The SMILES string of the molecule is CCCCSc1nnc(-c2nc3ccccc3[nH]2)o1. The van der Waals surface area contributed by atoms with Crippen molar-refractivity contribution in [1.82, 2.24) is 20.2 Å². The number of thioether (sulfide) groups is 1. The van der Waals surface area contributed by atoms with E-state index in [1.807, 2.05) is 24.3 Å². The first-order valence-electron chi connectivity index (χ1n) is 6.28. The van der Waals surface area contributed by atoms with E-state index in [0.29, 0.717) is 16.9 Å². The molecule has 0 unspecified atom stereocenters. The van der Waals surface area contributed by atoms with E-state index >= 15 is 0 Å². The highest BCUT2D eigenvalue weighted by atomic mass is 32.2. The van der Waals surface area contributed by atoms with Crippen molar-refractivity contribution >= 4 is 22.8 Å². The summed E-state index contributed by atoms with van der Waals surface area (Å²) >= 11 is 1.59. The second-order valence-electron chi connectivity index (χ2n) is 4.18. The topological polar surface area (TPSA) is 67.6 Å². The number of aromatic nitrogens is 4. The van der Waals surface area contributed by atoms with Crippen LogP contribution in [0.25, 0.3) is 22.7 Å². The van der Waals surface area contributed by atoms with Crippen LogP contribution in [0.2, 0.25) is 0 Å². The van der Waals surface area contributed by atoms with E-state index in [9.17, 15) is 0 Å². The van der Waals surface area contributed by atoms with Crippen molar-refractivity contribution in [1.29, 1.82) is 0 Å². The summed E-state index contributed by atoms with van der Waals surface area (Å²) in [5.74, 6) is 2.06. The van der Waals surface area contributed by atoms with Gasteiger partial charge in [0, 0.05) is 5.75 Å². The van der Waals surface area contributed by atoms with E-state index in [0.717, 1.165) is 29.6 Å². The lowest BCUT2D eigenvalue weighted by atomic mass is 10.3. The molecule has 3 aromatic rings. The predicted molar refractivity (Wildman–Crippen MR) is 75.0 cm³/mol. The van der Waals surface area contributed by atoms with Gasteiger partial charge in [-0.15, -0.1) is 10.2 Å². The third-order valence-electron chi connectivity index (χ3n) is 2.72. The quantitative estimate of drug-likeness (QED) is 0.569. The fourth-order valence-electron chi connectivity index (χ4n) is 1.72. The van der Waals surface area contributed by atoms with Crippen molar-refractivity contribution in [2.75, 3.05) is 5.75 Å². The van der Waals surface area contributed by atoms with Crippen LogP contribution in [0.5, 0.6) is 0 Å². The highest BCUT2D eigenvalue weighted by molar-refractivity contribution is 7.99. The van der Waals surface area contributed by atoms with Gasteiger partial charge in [0.25, 0.3) is 11.1 Å². The van der Waals surface area contributed by atoms with Crippen LogP contribution < -0.4 is 0 Å². The van der Waals surface area contributed by atoms with E-state index in [1.54, 1.807) is 11.8 Å². The van der Waals surface area contributed by atoms with E-state index < -0.39 is 0 Å². The first-order chi connectivity index (χ1) is 9.36. The summed E-state index contributed by atoms with van der Waals surface area (Å²) in [5, 5.41) is 8.65. The molecular formula is C13H14N4OS. The van der Waals surface area contributed by atoms with Gasteiger partial charge in [0.1, 0.15) is 0 Å². The smallest absolute Gasteiger partial charge is 0.284 e. The second kappa shape index (κ2) is 5.44. The third kappa shape index (κ3) is 2.63. The number of aromatic amines is 1. The van der Waals surface area contributed by atoms with Gasteiger partial charge in [-0.3, -0.25) is 0 Å². The Labute approximate surface area is 114 Å². The van der Waals surface area contributed by atoms with Gasteiger partial charge < -0.3 is 9.40 Å². The van der Waals surface area contributed by atoms with Gasteiger partial charge in [0.15, 0.2) is 5.82 Å². The molecule has 2 aromatic heterocycles. The molecule has 6 heteroatoms. The molecule has 1 aromatic carbocycles. The number of hydrogen-bond acceptors (Lipinski definition) is 5. The van der Waals surface area contributed by atoms with Crippen molar-refractivity contribution in [3.8, 4) is 11.7 Å². The first-order valence-corrected chi connectivity index (χ1v) is 7.27. The van der Waals surface area contributed by atoms with E-state index in [4.69, 9.17) is 4.42 Å². The Morgan fingerprint density at radius 3 is 3.00 bits per heavy atom.